The molecule has 14 nitrogen and oxygen atoms in total. The molecule has 0 aromatic carbocycles. The zero-order valence-electron chi connectivity index (χ0n) is 24.8. The van der Waals surface area contributed by atoms with Gasteiger partial charge in [0.15, 0.2) is 11.7 Å². The number of hydrogen-bond donors (Lipinski definition) is 3. The molecule has 0 bridgehead atoms. The summed E-state index contributed by atoms with van der Waals surface area (Å²) in [5.41, 5.74) is -6.53. The topological polar surface area (TPSA) is 205 Å². The lowest BCUT2D eigenvalue weighted by Gasteiger charge is -2.60. The van der Waals surface area contributed by atoms with Crippen LogP contribution in [0.2, 0.25) is 0 Å². The van der Waals surface area contributed by atoms with E-state index in [-0.39, 0.29) is 17.0 Å². The molecule has 1 saturated carbocycles. The van der Waals surface area contributed by atoms with Crippen LogP contribution in [0.3, 0.4) is 0 Å². The lowest BCUT2D eigenvalue weighted by molar-refractivity contribution is -0.291. The Balaban J connectivity index is 2.14. The van der Waals surface area contributed by atoms with Crippen molar-refractivity contribution in [3.63, 3.8) is 0 Å². The van der Waals surface area contributed by atoms with Crippen molar-refractivity contribution in [1.82, 2.24) is 0 Å². The molecule has 0 aromatic rings. The molecule has 0 spiro atoms. The summed E-state index contributed by atoms with van der Waals surface area (Å²) >= 11 is 6.71. The van der Waals surface area contributed by atoms with E-state index < -0.39 is 108 Å². The number of carbonyl (C=O) groups is 5. The van der Waals surface area contributed by atoms with E-state index in [1.165, 1.54) is 20.8 Å². The molecular weight excluding hydrogens is 596 g/mol. The highest BCUT2D eigenvalue weighted by atomic mass is 35.5. The molecule has 3 fully saturated rings. The van der Waals surface area contributed by atoms with E-state index in [0.717, 1.165) is 27.7 Å². The van der Waals surface area contributed by atoms with Gasteiger partial charge in [-0.25, -0.2) is 0 Å². The summed E-state index contributed by atoms with van der Waals surface area (Å²) < 4.78 is 34.2. The number of hydrogen-bond acceptors (Lipinski definition) is 14. The van der Waals surface area contributed by atoms with Crippen LogP contribution in [0.4, 0.5) is 0 Å². The average Bonchev–Trinajstić information content (AvgIpc) is 3.61. The highest BCUT2D eigenvalue weighted by Crippen LogP contribution is 2.61. The van der Waals surface area contributed by atoms with Gasteiger partial charge in [0.1, 0.15) is 42.2 Å². The minimum Gasteiger partial charge on any atom is -0.462 e. The molecule has 2 aliphatic carbocycles. The summed E-state index contributed by atoms with van der Waals surface area (Å²) in [5, 5.41) is 34.9. The van der Waals surface area contributed by atoms with Crippen molar-refractivity contribution in [3.05, 3.63) is 10.6 Å². The fraction of sp³-hybridized carbons (Fsp3) is 0.750. The molecule has 2 aliphatic heterocycles. The van der Waals surface area contributed by atoms with Crippen molar-refractivity contribution in [2.45, 2.75) is 109 Å². The maximum atomic E-state index is 13.1. The van der Waals surface area contributed by atoms with E-state index in [4.69, 9.17) is 40.0 Å². The zero-order chi connectivity index (χ0) is 32.4. The van der Waals surface area contributed by atoms with Crippen LogP contribution in [0.5, 0.6) is 0 Å². The van der Waals surface area contributed by atoms with Gasteiger partial charge < -0.3 is 43.7 Å². The van der Waals surface area contributed by atoms with Gasteiger partial charge in [-0.05, 0) is 13.8 Å². The SMILES string of the molecule is CC(=O)OC1CC(OC(C)=O)C2(C)C(OC(C)=O)C3OC3C(CO)=C(Cl)C3OC(=O)C(C)C3(O)C(OC(C)=O)C2C1(C)O. The van der Waals surface area contributed by atoms with E-state index in [9.17, 15) is 39.3 Å². The molecule has 12 atom stereocenters. The van der Waals surface area contributed by atoms with Gasteiger partial charge in [0.2, 0.25) is 0 Å². The molecule has 2 saturated heterocycles. The Morgan fingerprint density at radius 2 is 1.42 bits per heavy atom. The third kappa shape index (κ3) is 5.30. The van der Waals surface area contributed by atoms with Crippen molar-refractivity contribution in [3.8, 4) is 0 Å². The third-order valence-corrected chi connectivity index (χ3v) is 9.66. The first-order valence-corrected chi connectivity index (χ1v) is 14.2. The van der Waals surface area contributed by atoms with Crippen LogP contribution in [-0.4, -0.2) is 106 Å². The number of fused-ring (bicyclic) bond motifs is 3. The van der Waals surface area contributed by atoms with Gasteiger partial charge in [0, 0.05) is 45.6 Å². The molecule has 4 rings (SSSR count). The van der Waals surface area contributed by atoms with Gasteiger partial charge in [-0.2, -0.15) is 0 Å². The van der Waals surface area contributed by atoms with Crippen molar-refractivity contribution in [1.29, 1.82) is 0 Å². The van der Waals surface area contributed by atoms with E-state index in [0.29, 0.717) is 0 Å². The number of epoxide rings is 1. The Morgan fingerprint density at radius 1 is 0.907 bits per heavy atom. The first kappa shape index (κ1) is 33.1. The second kappa shape index (κ2) is 11.3. The van der Waals surface area contributed by atoms with Crippen LogP contribution >= 0.6 is 11.6 Å². The Labute approximate surface area is 252 Å². The van der Waals surface area contributed by atoms with Crippen LogP contribution in [0.25, 0.3) is 0 Å². The third-order valence-electron chi connectivity index (χ3n) is 9.22. The lowest BCUT2D eigenvalue weighted by atomic mass is 9.51. The number of aliphatic hydroxyl groups excluding tert-OH is 1. The first-order valence-electron chi connectivity index (χ1n) is 13.8. The van der Waals surface area contributed by atoms with Gasteiger partial charge in [-0.1, -0.05) is 18.5 Å². The van der Waals surface area contributed by atoms with Gasteiger partial charge in [-0.15, -0.1) is 0 Å². The number of carbonyl (C=O) groups excluding carboxylic acids is 5. The highest BCUT2D eigenvalue weighted by Gasteiger charge is 2.76. The maximum Gasteiger partial charge on any atom is 0.312 e. The predicted molar refractivity (Wildman–Crippen MR) is 142 cm³/mol. The minimum absolute atomic E-state index is 0.00200. The second-order valence-electron chi connectivity index (χ2n) is 12.0. The molecule has 240 valence electrons. The van der Waals surface area contributed by atoms with Gasteiger partial charge >= 0.3 is 29.8 Å². The van der Waals surface area contributed by atoms with E-state index in [1.807, 2.05) is 0 Å². The van der Waals surface area contributed by atoms with Crippen LogP contribution < -0.4 is 0 Å². The van der Waals surface area contributed by atoms with E-state index >= 15 is 0 Å². The summed E-state index contributed by atoms with van der Waals surface area (Å²) in [6.07, 6.45) is -10.1. The number of rotatable bonds is 5. The first-order chi connectivity index (χ1) is 19.8. The summed E-state index contributed by atoms with van der Waals surface area (Å²) in [5.74, 6) is -7.34. The standard InChI is InChI=1S/C28H37ClO14/c1-10-25(35)43-22-18(29)15(9-30)19-20(42-19)23(40-13(4)33)26(6)16(38-11(2)31)8-17(39-12(3)32)27(7,36)21(26)24(28(10,22)37)41-14(5)34/h10,16-17,19-24,30,36-37H,8-9H2,1-7H3. The monoisotopic (exact) mass is 632 g/mol. The summed E-state index contributed by atoms with van der Waals surface area (Å²) in [6, 6.07) is 0. The molecule has 0 amide bonds. The van der Waals surface area contributed by atoms with E-state index in [2.05, 4.69) is 0 Å². The zero-order valence-corrected chi connectivity index (χ0v) is 25.6. The van der Waals surface area contributed by atoms with Crippen molar-refractivity contribution < 1.29 is 67.7 Å². The number of aliphatic hydroxyl groups is 3. The Bertz CT molecular complexity index is 1250. The fourth-order valence-electron chi connectivity index (χ4n) is 7.27. The molecule has 43 heavy (non-hydrogen) atoms. The van der Waals surface area contributed by atoms with Crippen LogP contribution in [0.15, 0.2) is 10.6 Å². The van der Waals surface area contributed by atoms with Crippen molar-refractivity contribution in [2.24, 2.45) is 17.3 Å². The molecule has 0 aromatic heterocycles. The van der Waals surface area contributed by atoms with Crippen molar-refractivity contribution in [2.75, 3.05) is 6.61 Å². The average molecular weight is 633 g/mol. The lowest BCUT2D eigenvalue weighted by Crippen LogP contribution is -2.75. The van der Waals surface area contributed by atoms with Gasteiger partial charge in [0.05, 0.1) is 23.0 Å². The van der Waals surface area contributed by atoms with Crippen LogP contribution in [0.1, 0.15) is 54.9 Å². The largest absolute Gasteiger partial charge is 0.462 e. The quantitative estimate of drug-likeness (QED) is 0.208. The van der Waals surface area contributed by atoms with E-state index in [1.54, 1.807) is 0 Å². The summed E-state index contributed by atoms with van der Waals surface area (Å²) in [6.45, 7) is 7.70. The molecule has 12 unspecified atom stereocenters. The number of esters is 5. The number of halogens is 1. The molecule has 4 aliphatic rings. The molecule has 3 N–H and O–H groups in total. The molecule has 2 heterocycles. The van der Waals surface area contributed by atoms with Crippen LogP contribution in [0, 0.1) is 17.3 Å². The Kier molecular flexibility index (Phi) is 8.70. The van der Waals surface area contributed by atoms with Gasteiger partial charge in [0.25, 0.3) is 0 Å². The molecule has 0 radical (unpaired) electrons. The fourth-order valence-corrected chi connectivity index (χ4v) is 7.66. The van der Waals surface area contributed by atoms with Crippen LogP contribution in [-0.2, 0) is 52.4 Å². The Morgan fingerprint density at radius 3 is 1.93 bits per heavy atom. The van der Waals surface area contributed by atoms with Crippen molar-refractivity contribution >= 4 is 41.4 Å². The smallest absolute Gasteiger partial charge is 0.312 e. The van der Waals surface area contributed by atoms with Gasteiger partial charge in [-0.3, -0.25) is 24.0 Å². The normalized spacial score (nSPS) is 43.7. The predicted octanol–water partition coefficient (Wildman–Crippen LogP) is 0.0492. The molecular formula is C28H37ClO14. The molecule has 15 heteroatoms. The Hall–Kier alpha value is -2.78. The summed E-state index contributed by atoms with van der Waals surface area (Å²) in [4.78, 5) is 63.0. The number of ether oxygens (including phenoxy) is 6. The highest BCUT2D eigenvalue weighted by molar-refractivity contribution is 6.31. The summed E-state index contributed by atoms with van der Waals surface area (Å²) in [7, 11) is 0. The minimum atomic E-state index is -2.53. The second-order valence-corrected chi connectivity index (χ2v) is 12.4. The maximum absolute atomic E-state index is 13.1.